The predicted octanol–water partition coefficient (Wildman–Crippen LogP) is 2.91. The van der Waals surface area contributed by atoms with Gasteiger partial charge in [-0.1, -0.05) is 34.6 Å². The Morgan fingerprint density at radius 2 is 1.87 bits per heavy atom. The molecule has 1 aromatic rings. The molecule has 0 spiro atoms. The minimum absolute atomic E-state index is 0.0159. The first-order valence-corrected chi connectivity index (χ1v) is 5.27. The first-order valence-electron chi connectivity index (χ1n) is 5.27. The predicted molar refractivity (Wildman–Crippen MR) is 61.4 cm³/mol. The van der Waals surface area contributed by atoms with Gasteiger partial charge in [-0.2, -0.15) is 0 Å². The molecule has 0 aliphatic heterocycles. The summed E-state index contributed by atoms with van der Waals surface area (Å²) in [5.74, 6) is 1.99. The molecule has 1 heterocycles. The van der Waals surface area contributed by atoms with Crippen LogP contribution in [0, 0.1) is 0 Å². The number of ether oxygens (including phenoxy) is 1. The quantitative estimate of drug-likeness (QED) is 0.749. The molecule has 3 nitrogen and oxygen atoms in total. The molecular formula is C12H20N2O. The monoisotopic (exact) mass is 208 g/mol. The zero-order chi connectivity index (χ0) is 11.6. The van der Waals surface area contributed by atoms with Crippen molar-refractivity contribution < 1.29 is 4.74 Å². The Kier molecular flexibility index (Phi) is 3.32. The number of hydrogen-bond acceptors (Lipinski definition) is 3. The second-order valence-corrected chi connectivity index (χ2v) is 5.05. The molecule has 0 fully saturated rings. The molecule has 0 saturated carbocycles. The van der Waals surface area contributed by atoms with Gasteiger partial charge in [0, 0.05) is 11.3 Å². The van der Waals surface area contributed by atoms with E-state index in [1.165, 1.54) is 0 Å². The van der Waals surface area contributed by atoms with Crippen molar-refractivity contribution in [1.29, 1.82) is 0 Å². The molecule has 0 radical (unpaired) electrons. The van der Waals surface area contributed by atoms with E-state index >= 15 is 0 Å². The molecule has 0 aromatic carbocycles. The van der Waals surface area contributed by atoms with Crippen molar-refractivity contribution >= 4 is 0 Å². The number of methoxy groups -OCH3 is 1. The minimum atomic E-state index is -0.0159. The third-order valence-electron chi connectivity index (χ3n) is 2.22. The molecule has 1 aromatic heterocycles. The van der Waals surface area contributed by atoms with E-state index in [4.69, 9.17) is 4.74 Å². The van der Waals surface area contributed by atoms with E-state index in [9.17, 15) is 0 Å². The molecular weight excluding hydrogens is 188 g/mol. The summed E-state index contributed by atoms with van der Waals surface area (Å²) in [4.78, 5) is 8.87. The molecule has 84 valence electrons. The Morgan fingerprint density at radius 3 is 2.27 bits per heavy atom. The van der Waals surface area contributed by atoms with Gasteiger partial charge in [0.1, 0.15) is 5.82 Å². The van der Waals surface area contributed by atoms with Crippen molar-refractivity contribution in [1.82, 2.24) is 9.97 Å². The second kappa shape index (κ2) is 4.17. The van der Waals surface area contributed by atoms with Gasteiger partial charge in [0.05, 0.1) is 19.0 Å². The highest BCUT2D eigenvalue weighted by Gasteiger charge is 2.22. The van der Waals surface area contributed by atoms with Crippen LogP contribution in [-0.4, -0.2) is 17.1 Å². The van der Waals surface area contributed by atoms with Gasteiger partial charge in [-0.25, -0.2) is 9.97 Å². The standard InChI is InChI=1S/C12H20N2O/c1-8(2)11-13-7-9(15-6)10(14-11)12(3,4)5/h7-8H,1-6H3. The summed E-state index contributed by atoms with van der Waals surface area (Å²) in [6.07, 6.45) is 1.77. The summed E-state index contributed by atoms with van der Waals surface area (Å²) in [5, 5.41) is 0. The van der Waals surface area contributed by atoms with Crippen LogP contribution >= 0.6 is 0 Å². The van der Waals surface area contributed by atoms with E-state index in [-0.39, 0.29) is 5.41 Å². The average molecular weight is 208 g/mol. The van der Waals surface area contributed by atoms with Gasteiger partial charge in [0.15, 0.2) is 5.75 Å². The number of hydrogen-bond donors (Lipinski definition) is 0. The summed E-state index contributed by atoms with van der Waals surface area (Å²) in [5.41, 5.74) is 0.960. The van der Waals surface area contributed by atoms with Crippen molar-refractivity contribution in [2.75, 3.05) is 7.11 Å². The van der Waals surface area contributed by atoms with Crippen LogP contribution in [0.4, 0.5) is 0 Å². The van der Waals surface area contributed by atoms with Gasteiger partial charge in [0.2, 0.25) is 0 Å². The van der Waals surface area contributed by atoms with E-state index in [2.05, 4.69) is 44.6 Å². The summed E-state index contributed by atoms with van der Waals surface area (Å²) < 4.78 is 5.28. The van der Waals surface area contributed by atoms with Crippen molar-refractivity contribution in [3.05, 3.63) is 17.7 Å². The van der Waals surface area contributed by atoms with Gasteiger partial charge in [0.25, 0.3) is 0 Å². The molecule has 3 heteroatoms. The summed E-state index contributed by atoms with van der Waals surface area (Å²) in [6, 6.07) is 0. The molecule has 0 aliphatic rings. The van der Waals surface area contributed by atoms with Crippen molar-refractivity contribution in [3.8, 4) is 5.75 Å². The van der Waals surface area contributed by atoms with Crippen LogP contribution < -0.4 is 4.74 Å². The van der Waals surface area contributed by atoms with Crippen molar-refractivity contribution in [2.24, 2.45) is 0 Å². The van der Waals surface area contributed by atoms with Crippen molar-refractivity contribution in [3.63, 3.8) is 0 Å². The van der Waals surface area contributed by atoms with Crippen LogP contribution in [0.3, 0.4) is 0 Å². The molecule has 0 amide bonds. The lowest BCUT2D eigenvalue weighted by molar-refractivity contribution is 0.387. The zero-order valence-corrected chi connectivity index (χ0v) is 10.5. The van der Waals surface area contributed by atoms with Gasteiger partial charge >= 0.3 is 0 Å². The maximum Gasteiger partial charge on any atom is 0.159 e. The van der Waals surface area contributed by atoms with E-state index in [1.54, 1.807) is 13.3 Å². The maximum atomic E-state index is 5.28. The van der Waals surface area contributed by atoms with Crippen LogP contribution in [0.5, 0.6) is 5.75 Å². The highest BCUT2D eigenvalue weighted by molar-refractivity contribution is 5.30. The van der Waals surface area contributed by atoms with Crippen LogP contribution in [0.25, 0.3) is 0 Å². The summed E-state index contributed by atoms with van der Waals surface area (Å²) in [7, 11) is 1.66. The van der Waals surface area contributed by atoms with Gasteiger partial charge < -0.3 is 4.74 Å². The Bertz CT molecular complexity index is 340. The lowest BCUT2D eigenvalue weighted by Crippen LogP contribution is -2.17. The SMILES string of the molecule is COc1cnc(C(C)C)nc1C(C)(C)C. The van der Waals surface area contributed by atoms with Crippen LogP contribution in [0.1, 0.15) is 52.1 Å². The fourth-order valence-corrected chi connectivity index (χ4v) is 1.35. The lowest BCUT2D eigenvalue weighted by Gasteiger charge is -2.21. The molecule has 0 atom stereocenters. The highest BCUT2D eigenvalue weighted by Crippen LogP contribution is 2.29. The Balaban J connectivity index is 3.26. The first kappa shape index (κ1) is 12.0. The number of nitrogens with zero attached hydrogens (tertiary/aromatic N) is 2. The molecule has 0 N–H and O–H groups in total. The first-order chi connectivity index (χ1) is 6.86. The Morgan fingerprint density at radius 1 is 1.27 bits per heavy atom. The smallest absolute Gasteiger partial charge is 0.159 e. The van der Waals surface area contributed by atoms with Crippen LogP contribution in [0.2, 0.25) is 0 Å². The normalized spacial score (nSPS) is 11.9. The number of rotatable bonds is 2. The maximum absolute atomic E-state index is 5.28. The van der Waals surface area contributed by atoms with E-state index in [0.717, 1.165) is 17.3 Å². The fraction of sp³-hybridized carbons (Fsp3) is 0.667. The second-order valence-electron chi connectivity index (χ2n) is 5.05. The van der Waals surface area contributed by atoms with Gasteiger partial charge in [-0.05, 0) is 0 Å². The van der Waals surface area contributed by atoms with Crippen LogP contribution in [-0.2, 0) is 5.41 Å². The summed E-state index contributed by atoms with van der Waals surface area (Å²) in [6.45, 7) is 10.6. The highest BCUT2D eigenvalue weighted by atomic mass is 16.5. The topological polar surface area (TPSA) is 35.0 Å². The summed E-state index contributed by atoms with van der Waals surface area (Å²) >= 11 is 0. The third-order valence-corrected chi connectivity index (χ3v) is 2.22. The van der Waals surface area contributed by atoms with E-state index in [1.807, 2.05) is 0 Å². The molecule has 0 bridgehead atoms. The molecule has 0 aliphatic carbocycles. The molecule has 15 heavy (non-hydrogen) atoms. The Labute approximate surface area is 91.9 Å². The zero-order valence-electron chi connectivity index (χ0n) is 10.5. The van der Waals surface area contributed by atoms with E-state index in [0.29, 0.717) is 5.92 Å². The fourth-order valence-electron chi connectivity index (χ4n) is 1.35. The van der Waals surface area contributed by atoms with Crippen LogP contribution in [0.15, 0.2) is 6.20 Å². The van der Waals surface area contributed by atoms with Crippen molar-refractivity contribution in [2.45, 2.75) is 46.0 Å². The van der Waals surface area contributed by atoms with E-state index < -0.39 is 0 Å². The molecule has 0 unspecified atom stereocenters. The third kappa shape index (κ3) is 2.67. The van der Waals surface area contributed by atoms with Gasteiger partial charge in [-0.3, -0.25) is 0 Å². The van der Waals surface area contributed by atoms with Gasteiger partial charge in [-0.15, -0.1) is 0 Å². The molecule has 1 rings (SSSR count). The minimum Gasteiger partial charge on any atom is -0.493 e. The molecule has 0 saturated heterocycles. The largest absolute Gasteiger partial charge is 0.493 e. The Hall–Kier alpha value is -1.12. The average Bonchev–Trinajstić information content (AvgIpc) is 2.15. The lowest BCUT2D eigenvalue weighted by atomic mass is 9.91. The number of aromatic nitrogens is 2.